The van der Waals surface area contributed by atoms with Gasteiger partial charge in [0.05, 0.1) is 5.56 Å². The van der Waals surface area contributed by atoms with Crippen molar-refractivity contribution in [2.45, 2.75) is 13.8 Å². The van der Waals surface area contributed by atoms with E-state index in [-0.39, 0.29) is 11.8 Å². The van der Waals surface area contributed by atoms with Gasteiger partial charge in [-0.25, -0.2) is 0 Å². The third kappa shape index (κ3) is 4.06. The number of benzene rings is 1. The summed E-state index contributed by atoms with van der Waals surface area (Å²) in [6, 6.07) is 9.69. The van der Waals surface area contributed by atoms with Gasteiger partial charge in [-0.3, -0.25) is 9.59 Å². The maximum atomic E-state index is 12.3. The van der Waals surface area contributed by atoms with E-state index in [1.807, 2.05) is 13.8 Å². The van der Waals surface area contributed by atoms with Crippen molar-refractivity contribution in [2.75, 3.05) is 18.4 Å². The van der Waals surface area contributed by atoms with Crippen LogP contribution in [0.2, 0.25) is 0 Å². The number of nitrogens with zero attached hydrogens (tertiary/aromatic N) is 2. The molecule has 1 aromatic carbocycles. The molecule has 0 saturated carbocycles. The monoisotopic (exact) mass is 313 g/mol. The molecule has 120 valence electrons. The summed E-state index contributed by atoms with van der Waals surface area (Å²) in [5, 5.41) is 13.7. The summed E-state index contributed by atoms with van der Waals surface area (Å²) in [6.45, 7) is 5.10. The number of amides is 2. The van der Waals surface area contributed by atoms with E-state index in [1.165, 1.54) is 24.5 Å². The topological polar surface area (TPSA) is 76.4 Å². The number of rotatable bonds is 5. The standard InChI is InChI=1S/C17H19N3O3/c1-3-19(4-2)17(22)14-6-5-7-15(12-14)18-16(21)13-8-10-20(23)11-9-13/h5-12H,3-4H2,1-2H3,(H,18,21). The van der Waals surface area contributed by atoms with E-state index in [1.54, 1.807) is 29.2 Å². The highest BCUT2D eigenvalue weighted by atomic mass is 16.5. The Balaban J connectivity index is 2.15. The summed E-state index contributed by atoms with van der Waals surface area (Å²) in [7, 11) is 0. The molecule has 0 bridgehead atoms. The zero-order valence-electron chi connectivity index (χ0n) is 13.2. The largest absolute Gasteiger partial charge is 0.619 e. The molecule has 0 spiro atoms. The molecule has 6 nitrogen and oxygen atoms in total. The lowest BCUT2D eigenvalue weighted by Crippen LogP contribution is -2.30. The van der Waals surface area contributed by atoms with Gasteiger partial charge < -0.3 is 15.4 Å². The van der Waals surface area contributed by atoms with E-state index < -0.39 is 0 Å². The Kier molecular flexibility index (Phi) is 5.30. The molecule has 0 aliphatic carbocycles. The van der Waals surface area contributed by atoms with E-state index >= 15 is 0 Å². The zero-order valence-corrected chi connectivity index (χ0v) is 13.2. The SMILES string of the molecule is CCN(CC)C(=O)c1cccc(NC(=O)c2cc[n+]([O-])cc2)c1. The predicted octanol–water partition coefficient (Wildman–Crippen LogP) is 2.05. The quantitative estimate of drug-likeness (QED) is 0.678. The van der Waals surface area contributed by atoms with E-state index in [0.717, 1.165) is 0 Å². The molecule has 1 aromatic heterocycles. The zero-order chi connectivity index (χ0) is 16.8. The minimum Gasteiger partial charge on any atom is -0.619 e. The Hall–Kier alpha value is -2.89. The molecular weight excluding hydrogens is 294 g/mol. The van der Waals surface area contributed by atoms with E-state index in [9.17, 15) is 14.8 Å². The summed E-state index contributed by atoms with van der Waals surface area (Å²) in [5.74, 6) is -0.406. The molecular formula is C17H19N3O3. The van der Waals surface area contributed by atoms with Crippen LogP contribution in [0, 0.1) is 5.21 Å². The van der Waals surface area contributed by atoms with Gasteiger partial charge in [0.15, 0.2) is 12.4 Å². The molecule has 2 aromatic rings. The molecule has 0 radical (unpaired) electrons. The van der Waals surface area contributed by atoms with Crippen LogP contribution in [0.5, 0.6) is 0 Å². The summed E-state index contributed by atoms with van der Waals surface area (Å²) >= 11 is 0. The average molecular weight is 313 g/mol. The van der Waals surface area contributed by atoms with Crippen LogP contribution in [0.25, 0.3) is 0 Å². The Morgan fingerprint density at radius 1 is 1.09 bits per heavy atom. The molecule has 1 heterocycles. The summed E-state index contributed by atoms with van der Waals surface area (Å²) in [4.78, 5) is 26.2. The van der Waals surface area contributed by atoms with Gasteiger partial charge in [-0.15, -0.1) is 0 Å². The van der Waals surface area contributed by atoms with Crippen molar-refractivity contribution in [1.82, 2.24) is 4.90 Å². The lowest BCUT2D eigenvalue weighted by Gasteiger charge is -2.19. The van der Waals surface area contributed by atoms with Crippen LogP contribution in [0.4, 0.5) is 5.69 Å². The van der Waals surface area contributed by atoms with Crippen LogP contribution in [-0.4, -0.2) is 29.8 Å². The second-order valence-corrected chi connectivity index (χ2v) is 4.96. The Morgan fingerprint density at radius 2 is 1.74 bits per heavy atom. The first kappa shape index (κ1) is 16.5. The smallest absolute Gasteiger partial charge is 0.256 e. The van der Waals surface area contributed by atoms with Crippen molar-refractivity contribution >= 4 is 17.5 Å². The Morgan fingerprint density at radius 3 is 2.35 bits per heavy atom. The molecule has 1 N–H and O–H groups in total. The van der Waals surface area contributed by atoms with Gasteiger partial charge in [0.25, 0.3) is 11.8 Å². The third-order valence-corrected chi connectivity index (χ3v) is 3.48. The predicted molar refractivity (Wildman–Crippen MR) is 87.0 cm³/mol. The molecule has 0 unspecified atom stereocenters. The first-order valence-electron chi connectivity index (χ1n) is 7.44. The maximum Gasteiger partial charge on any atom is 0.256 e. The molecule has 0 fully saturated rings. The average Bonchev–Trinajstić information content (AvgIpc) is 2.56. The van der Waals surface area contributed by atoms with Crippen LogP contribution in [0.1, 0.15) is 34.6 Å². The highest BCUT2D eigenvalue weighted by molar-refractivity contribution is 6.05. The highest BCUT2D eigenvalue weighted by Crippen LogP contribution is 2.14. The van der Waals surface area contributed by atoms with Crippen LogP contribution in [0.15, 0.2) is 48.8 Å². The molecule has 2 rings (SSSR count). The number of carbonyl (C=O) groups excluding carboxylic acids is 2. The first-order valence-corrected chi connectivity index (χ1v) is 7.44. The summed E-state index contributed by atoms with van der Waals surface area (Å²) < 4.78 is 0.611. The van der Waals surface area contributed by atoms with Crippen LogP contribution >= 0.6 is 0 Å². The first-order chi connectivity index (χ1) is 11.0. The maximum absolute atomic E-state index is 12.3. The molecule has 0 aliphatic heterocycles. The number of nitrogens with one attached hydrogen (secondary N) is 1. The number of hydrogen-bond donors (Lipinski definition) is 1. The van der Waals surface area contributed by atoms with Crippen molar-refractivity contribution < 1.29 is 14.3 Å². The Bertz CT molecular complexity index is 694. The minimum atomic E-state index is -0.335. The van der Waals surface area contributed by atoms with Crippen molar-refractivity contribution in [2.24, 2.45) is 0 Å². The van der Waals surface area contributed by atoms with E-state index in [2.05, 4.69) is 5.32 Å². The molecule has 2 amide bonds. The van der Waals surface area contributed by atoms with Crippen LogP contribution in [0.3, 0.4) is 0 Å². The van der Waals surface area contributed by atoms with Crippen molar-refractivity contribution in [1.29, 1.82) is 0 Å². The lowest BCUT2D eigenvalue weighted by molar-refractivity contribution is -0.605. The fraction of sp³-hybridized carbons (Fsp3) is 0.235. The minimum absolute atomic E-state index is 0.0711. The van der Waals surface area contributed by atoms with E-state index in [4.69, 9.17) is 0 Å². The van der Waals surface area contributed by atoms with Gasteiger partial charge in [-0.05, 0) is 32.0 Å². The summed E-state index contributed by atoms with van der Waals surface area (Å²) in [5.41, 5.74) is 1.43. The normalized spacial score (nSPS) is 10.2. The third-order valence-electron chi connectivity index (χ3n) is 3.48. The molecule has 0 aliphatic rings. The second-order valence-electron chi connectivity index (χ2n) is 4.96. The van der Waals surface area contributed by atoms with Gasteiger partial charge in [-0.2, -0.15) is 4.73 Å². The van der Waals surface area contributed by atoms with Gasteiger partial charge in [0.1, 0.15) is 0 Å². The van der Waals surface area contributed by atoms with Crippen LogP contribution < -0.4 is 10.0 Å². The summed E-state index contributed by atoms with van der Waals surface area (Å²) in [6.07, 6.45) is 2.52. The number of aromatic nitrogens is 1. The molecule has 0 atom stereocenters. The van der Waals surface area contributed by atoms with Crippen molar-refractivity contribution in [3.05, 3.63) is 65.1 Å². The number of hydrogen-bond acceptors (Lipinski definition) is 3. The highest BCUT2D eigenvalue weighted by Gasteiger charge is 2.13. The molecule has 0 saturated heterocycles. The van der Waals surface area contributed by atoms with Gasteiger partial charge in [-0.1, -0.05) is 6.07 Å². The van der Waals surface area contributed by atoms with Crippen molar-refractivity contribution in [3.8, 4) is 0 Å². The fourth-order valence-corrected chi connectivity index (χ4v) is 2.19. The van der Waals surface area contributed by atoms with E-state index in [0.29, 0.717) is 34.6 Å². The van der Waals surface area contributed by atoms with Gasteiger partial charge >= 0.3 is 0 Å². The van der Waals surface area contributed by atoms with Gasteiger partial charge in [0, 0.05) is 36.5 Å². The Labute approximate surface area is 134 Å². The lowest BCUT2D eigenvalue weighted by atomic mass is 10.1. The van der Waals surface area contributed by atoms with Crippen molar-refractivity contribution in [3.63, 3.8) is 0 Å². The number of pyridine rings is 1. The number of carbonyl (C=O) groups is 2. The van der Waals surface area contributed by atoms with Gasteiger partial charge in [0.2, 0.25) is 0 Å². The fourth-order valence-electron chi connectivity index (χ4n) is 2.19. The van der Waals surface area contributed by atoms with Crippen LogP contribution in [-0.2, 0) is 0 Å². The molecule has 6 heteroatoms. The second kappa shape index (κ2) is 7.40. The number of anilines is 1. The molecule has 23 heavy (non-hydrogen) atoms.